The number of allylic oxidation sites excluding steroid dienone is 8. The monoisotopic (exact) mass is 989 g/mol. The number of esters is 1. The van der Waals surface area contributed by atoms with Crippen LogP contribution < -0.4 is 0 Å². The maximum atomic E-state index is 12.9. The fourth-order valence-electron chi connectivity index (χ4n) is 9.08. The number of unbranched alkanes of at least 4 members (excludes halogenated alkanes) is 33. The highest BCUT2D eigenvalue weighted by Gasteiger charge is 2.44. The number of ether oxygens (including phenoxy) is 4. The molecule has 0 aromatic carbocycles. The highest BCUT2D eigenvalue weighted by atomic mass is 16.7. The van der Waals surface area contributed by atoms with Crippen molar-refractivity contribution in [2.24, 2.45) is 0 Å². The van der Waals surface area contributed by atoms with Crippen LogP contribution in [-0.2, 0) is 23.7 Å². The maximum absolute atomic E-state index is 12.9. The highest BCUT2D eigenvalue weighted by Crippen LogP contribution is 2.23. The summed E-state index contributed by atoms with van der Waals surface area (Å²) < 4.78 is 23.0. The largest absolute Gasteiger partial charge is 0.457 e. The van der Waals surface area contributed by atoms with E-state index in [4.69, 9.17) is 18.9 Å². The minimum Gasteiger partial charge on any atom is -0.457 e. The number of hydrogen-bond acceptors (Lipinski definition) is 9. The molecule has 70 heavy (non-hydrogen) atoms. The fraction of sp³-hybridized carbons (Fsp3) is 0.852. The van der Waals surface area contributed by atoms with Crippen LogP contribution in [0.1, 0.15) is 271 Å². The summed E-state index contributed by atoms with van der Waals surface area (Å²) in [4.78, 5) is 12.9. The molecule has 0 aromatic rings. The van der Waals surface area contributed by atoms with E-state index >= 15 is 0 Å². The van der Waals surface area contributed by atoms with Gasteiger partial charge in [0.1, 0.15) is 30.5 Å². The van der Waals surface area contributed by atoms with E-state index in [1.807, 2.05) is 0 Å². The Bertz CT molecular complexity index is 1220. The summed E-state index contributed by atoms with van der Waals surface area (Å²) in [6.45, 7) is 4.57. The Morgan fingerprint density at radius 2 is 0.829 bits per heavy atom. The molecular weight excluding hydrogens is 877 g/mol. The molecule has 1 aliphatic rings. The van der Waals surface area contributed by atoms with Crippen LogP contribution >= 0.6 is 0 Å². The van der Waals surface area contributed by atoms with Crippen LogP contribution in [0.5, 0.6) is 0 Å². The molecule has 0 aliphatic carbocycles. The third kappa shape index (κ3) is 41.6. The van der Waals surface area contributed by atoms with Crippen LogP contribution in [0.4, 0.5) is 0 Å². The molecule has 0 saturated carbocycles. The average Bonchev–Trinajstić information content (AvgIpc) is 3.36. The summed E-state index contributed by atoms with van der Waals surface area (Å²) in [6.07, 6.45) is 60.2. The summed E-state index contributed by atoms with van der Waals surface area (Å²) in [6, 6.07) is 0. The number of rotatable bonds is 52. The van der Waals surface area contributed by atoms with Gasteiger partial charge in [0.05, 0.1) is 19.8 Å². The molecule has 1 saturated heterocycles. The number of carbonyl (C=O) groups excluding carboxylic acids is 1. The van der Waals surface area contributed by atoms with Gasteiger partial charge in [-0.1, -0.05) is 236 Å². The van der Waals surface area contributed by atoms with Gasteiger partial charge in [0.25, 0.3) is 0 Å². The minimum absolute atomic E-state index is 0.118. The summed E-state index contributed by atoms with van der Waals surface area (Å²) in [5.74, 6) is -0.322. The first-order chi connectivity index (χ1) is 34.4. The lowest BCUT2D eigenvalue weighted by molar-refractivity contribution is -0.305. The van der Waals surface area contributed by atoms with E-state index in [-0.39, 0.29) is 19.2 Å². The van der Waals surface area contributed by atoms with E-state index in [1.165, 1.54) is 193 Å². The first kappa shape index (κ1) is 66.2. The molecule has 6 atom stereocenters. The molecule has 1 fully saturated rings. The number of carbonyl (C=O) groups is 1. The molecule has 0 radical (unpaired) electrons. The van der Waals surface area contributed by atoms with Crippen LogP contribution in [0.2, 0.25) is 0 Å². The van der Waals surface area contributed by atoms with Crippen molar-refractivity contribution in [2.45, 2.75) is 307 Å². The topological polar surface area (TPSA) is 135 Å². The quantitative estimate of drug-likeness (QED) is 0.0267. The molecule has 1 heterocycles. The Labute approximate surface area is 431 Å². The molecule has 0 amide bonds. The zero-order chi connectivity index (χ0) is 50.6. The smallest absolute Gasteiger partial charge is 0.306 e. The van der Waals surface area contributed by atoms with Gasteiger partial charge in [0, 0.05) is 13.0 Å². The lowest BCUT2D eigenvalue weighted by Gasteiger charge is -2.39. The van der Waals surface area contributed by atoms with Crippen molar-refractivity contribution < 1.29 is 44.2 Å². The molecule has 0 bridgehead atoms. The van der Waals surface area contributed by atoms with Crippen molar-refractivity contribution in [2.75, 3.05) is 26.4 Å². The summed E-state index contributed by atoms with van der Waals surface area (Å²) in [5.41, 5.74) is 0. The zero-order valence-electron chi connectivity index (χ0n) is 45.5. The number of aliphatic hydroxyl groups is 4. The van der Waals surface area contributed by atoms with Crippen LogP contribution in [0.15, 0.2) is 48.6 Å². The molecule has 0 spiro atoms. The molecule has 9 nitrogen and oxygen atoms in total. The van der Waals surface area contributed by atoms with E-state index in [9.17, 15) is 25.2 Å². The number of aliphatic hydroxyl groups excluding tert-OH is 4. The highest BCUT2D eigenvalue weighted by molar-refractivity contribution is 5.69. The second-order valence-corrected chi connectivity index (χ2v) is 20.4. The van der Waals surface area contributed by atoms with Crippen molar-refractivity contribution in [3.63, 3.8) is 0 Å². The zero-order valence-corrected chi connectivity index (χ0v) is 45.5. The van der Waals surface area contributed by atoms with E-state index in [2.05, 4.69) is 62.5 Å². The van der Waals surface area contributed by atoms with E-state index in [0.717, 1.165) is 57.8 Å². The molecule has 6 unspecified atom stereocenters. The summed E-state index contributed by atoms with van der Waals surface area (Å²) >= 11 is 0. The van der Waals surface area contributed by atoms with Gasteiger partial charge < -0.3 is 39.4 Å². The predicted octanol–water partition coefficient (Wildman–Crippen LogP) is 15.6. The van der Waals surface area contributed by atoms with Crippen molar-refractivity contribution >= 4 is 5.97 Å². The van der Waals surface area contributed by atoms with Crippen LogP contribution in [0.25, 0.3) is 0 Å². The fourth-order valence-corrected chi connectivity index (χ4v) is 9.08. The lowest BCUT2D eigenvalue weighted by Crippen LogP contribution is -2.59. The summed E-state index contributed by atoms with van der Waals surface area (Å²) in [5, 5.41) is 40.4. The van der Waals surface area contributed by atoms with Crippen molar-refractivity contribution in [1.29, 1.82) is 0 Å². The predicted molar refractivity (Wildman–Crippen MR) is 293 cm³/mol. The van der Waals surface area contributed by atoms with Gasteiger partial charge in [0.15, 0.2) is 6.29 Å². The van der Waals surface area contributed by atoms with E-state index in [1.54, 1.807) is 0 Å². The molecule has 1 aliphatic heterocycles. The Balaban J connectivity index is 2.15. The first-order valence-corrected chi connectivity index (χ1v) is 29.7. The Morgan fingerprint density at radius 3 is 1.26 bits per heavy atom. The van der Waals surface area contributed by atoms with E-state index < -0.39 is 43.4 Å². The van der Waals surface area contributed by atoms with E-state index in [0.29, 0.717) is 13.0 Å². The van der Waals surface area contributed by atoms with Gasteiger partial charge in [-0.15, -0.1) is 0 Å². The normalized spacial score (nSPS) is 19.2. The summed E-state index contributed by atoms with van der Waals surface area (Å²) in [7, 11) is 0. The first-order valence-electron chi connectivity index (χ1n) is 29.7. The molecule has 410 valence electrons. The van der Waals surface area contributed by atoms with Crippen molar-refractivity contribution in [1.82, 2.24) is 0 Å². The molecule has 0 aromatic heterocycles. The van der Waals surface area contributed by atoms with Gasteiger partial charge in [-0.2, -0.15) is 0 Å². The number of hydrogen-bond donors (Lipinski definition) is 4. The Kier molecular flexibility index (Phi) is 49.2. The average molecular weight is 990 g/mol. The molecule has 9 heteroatoms. The minimum atomic E-state index is -1.54. The SMILES string of the molecule is CCCCCCC/C=C\C/C=C\C/C=C\CCCCCCCCC(=O)OC(COCCCCCCCCCCCCCCCC/C=C\CCCCCCCCCC)COC1OC(CO)C(O)C(O)C1O. The second kappa shape index (κ2) is 52.0. The molecule has 4 N–H and O–H groups in total. The maximum Gasteiger partial charge on any atom is 0.306 e. The van der Waals surface area contributed by atoms with Gasteiger partial charge in [-0.05, 0) is 77.0 Å². The van der Waals surface area contributed by atoms with Gasteiger partial charge >= 0.3 is 5.97 Å². The van der Waals surface area contributed by atoms with Gasteiger partial charge in [0.2, 0.25) is 0 Å². The lowest BCUT2D eigenvalue weighted by atomic mass is 9.99. The van der Waals surface area contributed by atoms with Crippen molar-refractivity contribution in [3.05, 3.63) is 48.6 Å². The van der Waals surface area contributed by atoms with Gasteiger partial charge in [-0.25, -0.2) is 0 Å². The molecule has 1 rings (SSSR count). The third-order valence-electron chi connectivity index (χ3n) is 13.7. The van der Waals surface area contributed by atoms with Crippen LogP contribution in [0.3, 0.4) is 0 Å². The van der Waals surface area contributed by atoms with Gasteiger partial charge in [-0.3, -0.25) is 4.79 Å². The Hall–Kier alpha value is -1.85. The standard InChI is InChI=1S/C61H112O9/c1-3-5-7-9-11-13-15-17-19-21-23-25-26-27-28-29-31-33-35-37-39-41-43-45-47-49-51-67-53-55(54-68-61-60(66)59(65)58(64)56(52-62)70-61)69-57(63)50-48-46-44-42-40-38-36-34-32-30-24-22-20-18-16-14-12-10-8-6-4-2/h16,18,21-24,32,34,55-56,58-62,64-66H,3-15,17,19-20,25-31,33,35-54H2,1-2H3/b18-16-,23-21-,24-22-,34-32-. The Morgan fingerprint density at radius 1 is 0.457 bits per heavy atom. The van der Waals surface area contributed by atoms with Crippen molar-refractivity contribution in [3.8, 4) is 0 Å². The van der Waals surface area contributed by atoms with Crippen LogP contribution in [-0.4, -0.2) is 89.6 Å². The second-order valence-electron chi connectivity index (χ2n) is 20.4. The van der Waals surface area contributed by atoms with Crippen LogP contribution in [0, 0.1) is 0 Å². The molecular formula is C61H112O9. The third-order valence-corrected chi connectivity index (χ3v) is 13.7.